The lowest BCUT2D eigenvalue weighted by Crippen LogP contribution is -2.54. The first-order valence-corrected chi connectivity index (χ1v) is 6.28. The third-order valence-electron chi connectivity index (χ3n) is 3.15. The normalized spacial score (nSPS) is 14.8. The second-order valence-electron chi connectivity index (χ2n) is 4.71. The summed E-state index contributed by atoms with van der Waals surface area (Å²) < 4.78 is 0. The lowest BCUT2D eigenvalue weighted by Gasteiger charge is -2.38. The van der Waals surface area contributed by atoms with Crippen LogP contribution in [0.3, 0.4) is 0 Å². The molecule has 6 nitrogen and oxygen atoms in total. The Morgan fingerprint density at radius 2 is 2.05 bits per heavy atom. The molecule has 0 radical (unpaired) electrons. The van der Waals surface area contributed by atoms with Crippen molar-refractivity contribution < 1.29 is 14.7 Å². The van der Waals surface area contributed by atoms with Gasteiger partial charge in [0.15, 0.2) is 0 Å². The first-order chi connectivity index (χ1) is 9.15. The summed E-state index contributed by atoms with van der Waals surface area (Å²) in [6, 6.07) is 3.72. The molecule has 2 N–H and O–H groups in total. The molecule has 1 fully saturated rings. The van der Waals surface area contributed by atoms with Gasteiger partial charge in [-0.2, -0.15) is 0 Å². The van der Waals surface area contributed by atoms with Crippen LogP contribution in [-0.2, 0) is 11.2 Å². The summed E-state index contributed by atoms with van der Waals surface area (Å²) in [4.78, 5) is 27.8. The quantitative estimate of drug-likeness (QED) is 0.821. The molecule has 102 valence electrons. The first kappa shape index (κ1) is 13.3. The van der Waals surface area contributed by atoms with E-state index in [0.29, 0.717) is 19.6 Å². The zero-order chi connectivity index (χ0) is 13.7. The Morgan fingerprint density at radius 3 is 2.68 bits per heavy atom. The second kappa shape index (κ2) is 6.17. The Balaban J connectivity index is 1.62. The molecule has 0 spiro atoms. The number of rotatable bonds is 5. The van der Waals surface area contributed by atoms with Crippen LogP contribution >= 0.6 is 0 Å². The fourth-order valence-corrected chi connectivity index (χ4v) is 2.09. The minimum absolute atomic E-state index is 0.100. The van der Waals surface area contributed by atoms with Gasteiger partial charge in [-0.1, -0.05) is 0 Å². The van der Waals surface area contributed by atoms with Crippen LogP contribution in [-0.4, -0.2) is 46.6 Å². The molecule has 1 aromatic heterocycles. The summed E-state index contributed by atoms with van der Waals surface area (Å²) >= 11 is 0. The van der Waals surface area contributed by atoms with Gasteiger partial charge in [0.05, 0.1) is 6.42 Å². The van der Waals surface area contributed by atoms with E-state index in [0.717, 1.165) is 12.0 Å². The number of carbonyl (C=O) groups excluding carboxylic acids is 1. The average Bonchev–Trinajstić information content (AvgIpc) is 2.34. The third kappa shape index (κ3) is 3.94. The van der Waals surface area contributed by atoms with Crippen molar-refractivity contribution in [2.45, 2.75) is 12.8 Å². The summed E-state index contributed by atoms with van der Waals surface area (Å²) in [5.41, 5.74) is 1.13. The predicted octanol–water partition coefficient (Wildman–Crippen LogP) is 0.740. The molecule has 0 unspecified atom stereocenters. The second-order valence-corrected chi connectivity index (χ2v) is 4.71. The number of nitrogens with one attached hydrogen (secondary N) is 1. The highest BCUT2D eigenvalue weighted by Gasteiger charge is 2.31. The minimum Gasteiger partial charge on any atom is -0.481 e. The molecular weight excluding hydrogens is 246 g/mol. The van der Waals surface area contributed by atoms with Crippen molar-refractivity contribution in [2.75, 3.05) is 19.6 Å². The van der Waals surface area contributed by atoms with Gasteiger partial charge in [0.1, 0.15) is 0 Å². The lowest BCUT2D eigenvalue weighted by molar-refractivity contribution is -0.139. The van der Waals surface area contributed by atoms with Gasteiger partial charge in [-0.15, -0.1) is 0 Å². The number of hydrogen-bond acceptors (Lipinski definition) is 3. The molecule has 1 saturated heterocycles. The van der Waals surface area contributed by atoms with Gasteiger partial charge in [0.2, 0.25) is 0 Å². The fourth-order valence-electron chi connectivity index (χ4n) is 2.09. The molecule has 0 aliphatic carbocycles. The van der Waals surface area contributed by atoms with E-state index in [-0.39, 0.29) is 18.4 Å². The van der Waals surface area contributed by atoms with Crippen LogP contribution in [0.1, 0.15) is 12.0 Å². The summed E-state index contributed by atoms with van der Waals surface area (Å²) in [5, 5.41) is 11.4. The number of urea groups is 1. The maximum Gasteiger partial charge on any atom is 0.317 e. The molecule has 0 atom stereocenters. The Hall–Kier alpha value is -2.11. The highest BCUT2D eigenvalue weighted by Crippen LogP contribution is 2.18. The van der Waals surface area contributed by atoms with Gasteiger partial charge >= 0.3 is 12.0 Å². The van der Waals surface area contributed by atoms with Crippen molar-refractivity contribution >= 4 is 12.0 Å². The number of hydrogen-bond donors (Lipinski definition) is 2. The summed E-state index contributed by atoms with van der Waals surface area (Å²) in [5.74, 6) is -0.703. The van der Waals surface area contributed by atoms with Crippen LogP contribution in [0.4, 0.5) is 4.79 Å². The predicted molar refractivity (Wildman–Crippen MR) is 68.7 cm³/mol. The zero-order valence-corrected chi connectivity index (χ0v) is 10.6. The molecule has 6 heteroatoms. The summed E-state index contributed by atoms with van der Waals surface area (Å²) in [6.07, 6.45) is 4.35. The highest BCUT2D eigenvalue weighted by molar-refractivity contribution is 5.75. The molecule has 0 aromatic carbocycles. The molecule has 2 amide bonds. The zero-order valence-electron chi connectivity index (χ0n) is 10.6. The van der Waals surface area contributed by atoms with Crippen molar-refractivity contribution in [3.63, 3.8) is 0 Å². The smallest absolute Gasteiger partial charge is 0.317 e. The van der Waals surface area contributed by atoms with Crippen LogP contribution in [0.25, 0.3) is 0 Å². The molecule has 1 aliphatic rings. The molecule has 19 heavy (non-hydrogen) atoms. The topological polar surface area (TPSA) is 82.5 Å². The van der Waals surface area contributed by atoms with Crippen LogP contribution in [0, 0.1) is 5.92 Å². The van der Waals surface area contributed by atoms with Crippen molar-refractivity contribution in [3.8, 4) is 0 Å². The average molecular weight is 263 g/mol. The van der Waals surface area contributed by atoms with Crippen molar-refractivity contribution in [2.24, 2.45) is 5.92 Å². The number of carboxylic acids is 1. The first-order valence-electron chi connectivity index (χ1n) is 6.28. The Labute approximate surface area is 111 Å². The SMILES string of the molecule is O=C(O)CC1CN(C(=O)NCCc2ccncc2)C1. The van der Waals surface area contributed by atoms with Crippen LogP contribution in [0.2, 0.25) is 0 Å². The Kier molecular flexibility index (Phi) is 4.33. The third-order valence-corrected chi connectivity index (χ3v) is 3.15. The van der Waals surface area contributed by atoms with E-state index >= 15 is 0 Å². The maximum absolute atomic E-state index is 11.7. The monoisotopic (exact) mass is 263 g/mol. The number of aromatic nitrogens is 1. The number of pyridine rings is 1. The molecule has 2 rings (SSSR count). The molecule has 1 aliphatic heterocycles. The number of aliphatic carboxylic acids is 1. The number of carbonyl (C=O) groups is 2. The van der Waals surface area contributed by atoms with E-state index in [1.165, 1.54) is 0 Å². The van der Waals surface area contributed by atoms with Gasteiger partial charge in [-0.25, -0.2) is 4.79 Å². The largest absolute Gasteiger partial charge is 0.481 e. The van der Waals surface area contributed by atoms with Crippen molar-refractivity contribution in [1.29, 1.82) is 0 Å². The van der Waals surface area contributed by atoms with Crippen molar-refractivity contribution in [1.82, 2.24) is 15.2 Å². The molecular formula is C13H17N3O3. The van der Waals surface area contributed by atoms with E-state index < -0.39 is 5.97 Å². The van der Waals surface area contributed by atoms with Gasteiger partial charge in [-0.3, -0.25) is 9.78 Å². The van der Waals surface area contributed by atoms with Gasteiger partial charge in [-0.05, 0) is 24.1 Å². The maximum atomic E-state index is 11.7. The van der Waals surface area contributed by atoms with Crippen LogP contribution < -0.4 is 5.32 Å². The molecule has 2 heterocycles. The summed E-state index contributed by atoms with van der Waals surface area (Å²) in [7, 11) is 0. The highest BCUT2D eigenvalue weighted by atomic mass is 16.4. The van der Waals surface area contributed by atoms with E-state index in [2.05, 4.69) is 10.3 Å². The Bertz CT molecular complexity index is 444. The minimum atomic E-state index is -0.803. The lowest BCUT2D eigenvalue weighted by atomic mass is 9.97. The van der Waals surface area contributed by atoms with Crippen LogP contribution in [0.5, 0.6) is 0 Å². The van der Waals surface area contributed by atoms with E-state index in [4.69, 9.17) is 5.11 Å². The number of amides is 2. The summed E-state index contributed by atoms with van der Waals surface area (Å²) in [6.45, 7) is 1.64. The van der Waals surface area contributed by atoms with Gasteiger partial charge < -0.3 is 15.3 Å². The van der Waals surface area contributed by atoms with E-state index in [1.807, 2.05) is 12.1 Å². The molecule has 1 aromatic rings. The molecule has 0 bridgehead atoms. The number of carboxylic acid groups (broad SMARTS) is 1. The standard InChI is InChI=1S/C13H17N3O3/c17-12(18)7-11-8-16(9-11)13(19)15-6-3-10-1-4-14-5-2-10/h1-2,4-5,11H,3,6-9H2,(H,15,19)(H,17,18). The Morgan fingerprint density at radius 1 is 1.37 bits per heavy atom. The molecule has 0 saturated carbocycles. The van der Waals surface area contributed by atoms with E-state index in [9.17, 15) is 9.59 Å². The number of likely N-dealkylation sites (tertiary alicyclic amines) is 1. The van der Waals surface area contributed by atoms with Gasteiger partial charge in [0, 0.05) is 37.9 Å². The van der Waals surface area contributed by atoms with Crippen LogP contribution in [0.15, 0.2) is 24.5 Å². The van der Waals surface area contributed by atoms with Crippen molar-refractivity contribution in [3.05, 3.63) is 30.1 Å². The van der Waals surface area contributed by atoms with E-state index in [1.54, 1.807) is 17.3 Å². The fraction of sp³-hybridized carbons (Fsp3) is 0.462. The number of nitrogens with zero attached hydrogens (tertiary/aromatic N) is 2. The van der Waals surface area contributed by atoms with Gasteiger partial charge in [0.25, 0.3) is 0 Å².